The predicted octanol–water partition coefficient (Wildman–Crippen LogP) is 4.15. The molecule has 0 saturated carbocycles. The number of halogens is 3. The number of nitrogens with zero attached hydrogens (tertiary/aromatic N) is 1. The van der Waals surface area contributed by atoms with Crippen LogP contribution in [0.5, 0.6) is 0 Å². The maximum absolute atomic E-state index is 12.6. The van der Waals surface area contributed by atoms with Crippen molar-refractivity contribution in [2.24, 2.45) is 10.3 Å². The van der Waals surface area contributed by atoms with E-state index >= 15 is 0 Å². The van der Waals surface area contributed by atoms with Gasteiger partial charge in [0.2, 0.25) is 0 Å². The van der Waals surface area contributed by atoms with Gasteiger partial charge in [-0.2, -0.15) is 12.8 Å². The van der Waals surface area contributed by atoms with Gasteiger partial charge in [0.05, 0.1) is 15.6 Å². The van der Waals surface area contributed by atoms with E-state index in [9.17, 15) is 13.2 Å². The normalized spacial score (nSPS) is 27.2. The number of benzene rings is 1. The van der Waals surface area contributed by atoms with Crippen LogP contribution in [0.2, 0.25) is 0 Å². The van der Waals surface area contributed by atoms with Gasteiger partial charge in [0.15, 0.2) is 5.78 Å². The summed E-state index contributed by atoms with van der Waals surface area (Å²) >= 11 is 18.7. The van der Waals surface area contributed by atoms with Gasteiger partial charge in [0, 0.05) is 5.57 Å². The SMILES string of the molecule is CC(C)C1=C(Cl)C(=O)[C@@](C)(Cl)[C@@H](Cl)C1=NS(=O)(=O)c1ccccc1. The van der Waals surface area contributed by atoms with E-state index in [1.807, 2.05) is 0 Å². The summed E-state index contributed by atoms with van der Waals surface area (Å²) in [4.78, 5) is 10.8. The first-order chi connectivity index (χ1) is 11.0. The fourth-order valence-electron chi connectivity index (χ4n) is 2.38. The number of Topliss-reactive ketones (excluding diaryl/α,β-unsaturated/α-hetero) is 1. The van der Waals surface area contributed by atoms with Gasteiger partial charge < -0.3 is 0 Å². The molecular weight excluding hydrogens is 393 g/mol. The van der Waals surface area contributed by atoms with Crippen LogP contribution in [0.3, 0.4) is 0 Å². The number of hydrogen-bond acceptors (Lipinski definition) is 3. The molecular formula is C16H16Cl3NO3S. The first-order valence-electron chi connectivity index (χ1n) is 7.18. The average Bonchev–Trinajstić information content (AvgIpc) is 2.51. The Balaban J connectivity index is 2.72. The molecule has 0 radical (unpaired) electrons. The van der Waals surface area contributed by atoms with E-state index in [1.165, 1.54) is 19.1 Å². The molecule has 0 unspecified atom stereocenters. The van der Waals surface area contributed by atoms with Crippen LogP contribution in [-0.4, -0.2) is 30.2 Å². The highest BCUT2D eigenvalue weighted by molar-refractivity contribution is 7.90. The molecule has 0 aliphatic heterocycles. The van der Waals surface area contributed by atoms with E-state index < -0.39 is 26.1 Å². The Morgan fingerprint density at radius 3 is 2.25 bits per heavy atom. The van der Waals surface area contributed by atoms with E-state index in [2.05, 4.69) is 4.40 Å². The van der Waals surface area contributed by atoms with Crippen LogP contribution in [0.1, 0.15) is 20.8 Å². The van der Waals surface area contributed by atoms with Crippen LogP contribution < -0.4 is 0 Å². The molecule has 1 aromatic carbocycles. The van der Waals surface area contributed by atoms with Crippen molar-refractivity contribution in [3.05, 3.63) is 40.9 Å². The van der Waals surface area contributed by atoms with Gasteiger partial charge in [-0.1, -0.05) is 43.6 Å². The number of carbonyl (C=O) groups is 1. The van der Waals surface area contributed by atoms with Crippen LogP contribution in [-0.2, 0) is 14.8 Å². The average molecular weight is 409 g/mol. The van der Waals surface area contributed by atoms with Gasteiger partial charge in [-0.05, 0) is 25.0 Å². The minimum atomic E-state index is -4.01. The van der Waals surface area contributed by atoms with Crippen molar-refractivity contribution in [2.45, 2.75) is 35.9 Å². The molecule has 0 bridgehead atoms. The van der Waals surface area contributed by atoms with Gasteiger partial charge in [-0.25, -0.2) is 0 Å². The summed E-state index contributed by atoms with van der Waals surface area (Å²) in [5, 5.41) is -1.24. The van der Waals surface area contributed by atoms with E-state index in [1.54, 1.807) is 32.0 Å². The third kappa shape index (κ3) is 3.40. The van der Waals surface area contributed by atoms with Crippen molar-refractivity contribution in [1.29, 1.82) is 0 Å². The highest BCUT2D eigenvalue weighted by Gasteiger charge is 2.49. The number of hydrogen-bond donors (Lipinski definition) is 0. The maximum atomic E-state index is 12.6. The molecule has 8 heteroatoms. The topological polar surface area (TPSA) is 63.6 Å². The lowest BCUT2D eigenvalue weighted by Crippen LogP contribution is -2.49. The standard InChI is InChI=1S/C16H16Cl3NO3S/c1-9(2)11-12(17)15(21)16(3,19)14(18)13(11)20-24(22,23)10-7-5-4-6-8-10/h4-9,14H,1-3H3/t14-,16-/m0/s1. The quantitative estimate of drug-likeness (QED) is 0.706. The second kappa shape index (κ2) is 6.79. The number of rotatable bonds is 3. The third-order valence-corrected chi connectivity index (χ3v) is 6.53. The summed E-state index contributed by atoms with van der Waals surface area (Å²) in [5.74, 6) is -0.786. The Labute approximate surface area is 156 Å². The van der Waals surface area contributed by atoms with E-state index in [0.29, 0.717) is 5.57 Å². The molecule has 2 atom stereocenters. The van der Waals surface area contributed by atoms with Crippen LogP contribution >= 0.6 is 34.8 Å². The minimum absolute atomic E-state index is 0.0117. The summed E-state index contributed by atoms with van der Waals surface area (Å²) in [7, 11) is -4.01. The van der Waals surface area contributed by atoms with Gasteiger partial charge in [-0.15, -0.1) is 23.2 Å². The second-order valence-electron chi connectivity index (χ2n) is 5.91. The Hall–Kier alpha value is -0.880. The monoisotopic (exact) mass is 407 g/mol. The second-order valence-corrected chi connectivity index (χ2v) is 9.12. The zero-order chi connectivity index (χ0) is 18.3. The fourth-order valence-corrected chi connectivity index (χ4v) is 4.53. The Bertz CT molecular complexity index is 827. The summed E-state index contributed by atoms with van der Waals surface area (Å²) in [6, 6.07) is 7.73. The molecule has 1 aliphatic rings. The number of carbonyl (C=O) groups excluding carboxylic acids is 1. The molecule has 0 fully saturated rings. The summed E-state index contributed by atoms with van der Waals surface area (Å²) in [5.41, 5.74) is 0.317. The molecule has 0 aromatic heterocycles. The maximum Gasteiger partial charge on any atom is 0.282 e. The van der Waals surface area contributed by atoms with Crippen molar-refractivity contribution in [2.75, 3.05) is 0 Å². The molecule has 0 heterocycles. The summed E-state index contributed by atoms with van der Waals surface area (Å²) < 4.78 is 29.0. The van der Waals surface area contributed by atoms with Crippen LogP contribution in [0, 0.1) is 5.92 Å². The van der Waals surface area contributed by atoms with Crippen molar-refractivity contribution in [1.82, 2.24) is 0 Å². The van der Waals surface area contributed by atoms with Gasteiger partial charge >= 0.3 is 0 Å². The number of alkyl halides is 2. The van der Waals surface area contributed by atoms with Crippen LogP contribution in [0.25, 0.3) is 0 Å². The highest BCUT2D eigenvalue weighted by atomic mass is 35.5. The molecule has 1 aromatic rings. The number of sulfonamides is 1. The highest BCUT2D eigenvalue weighted by Crippen LogP contribution is 2.40. The van der Waals surface area contributed by atoms with E-state index in [4.69, 9.17) is 34.8 Å². The summed E-state index contributed by atoms with van der Waals surface area (Å²) in [6.07, 6.45) is 0. The van der Waals surface area contributed by atoms with Crippen LogP contribution in [0.15, 0.2) is 50.2 Å². The largest absolute Gasteiger partial charge is 0.291 e. The zero-order valence-corrected chi connectivity index (χ0v) is 16.3. The Morgan fingerprint density at radius 2 is 1.75 bits per heavy atom. The number of allylic oxidation sites excluding steroid dienone is 2. The Kier molecular flexibility index (Phi) is 5.50. The minimum Gasteiger partial charge on any atom is -0.291 e. The molecule has 130 valence electrons. The molecule has 4 nitrogen and oxygen atoms in total. The molecule has 2 rings (SSSR count). The molecule has 0 spiro atoms. The Morgan fingerprint density at radius 1 is 1.21 bits per heavy atom. The predicted molar refractivity (Wildman–Crippen MR) is 97.7 cm³/mol. The summed E-state index contributed by atoms with van der Waals surface area (Å²) in [6.45, 7) is 4.95. The molecule has 1 aliphatic carbocycles. The van der Waals surface area contributed by atoms with Gasteiger partial charge in [0.25, 0.3) is 10.0 Å². The van der Waals surface area contributed by atoms with Gasteiger partial charge in [-0.3, -0.25) is 4.79 Å². The fraction of sp³-hybridized carbons (Fsp3) is 0.375. The van der Waals surface area contributed by atoms with Crippen molar-refractivity contribution >= 4 is 56.3 Å². The van der Waals surface area contributed by atoms with Crippen molar-refractivity contribution in [3.8, 4) is 0 Å². The first-order valence-corrected chi connectivity index (χ1v) is 9.81. The van der Waals surface area contributed by atoms with E-state index in [-0.39, 0.29) is 21.6 Å². The lowest BCUT2D eigenvalue weighted by molar-refractivity contribution is -0.117. The lowest BCUT2D eigenvalue weighted by atomic mass is 9.82. The molecule has 0 saturated heterocycles. The lowest BCUT2D eigenvalue weighted by Gasteiger charge is -2.34. The van der Waals surface area contributed by atoms with Crippen molar-refractivity contribution < 1.29 is 13.2 Å². The zero-order valence-electron chi connectivity index (χ0n) is 13.3. The molecule has 24 heavy (non-hydrogen) atoms. The first kappa shape index (κ1) is 19.4. The van der Waals surface area contributed by atoms with Crippen molar-refractivity contribution in [3.63, 3.8) is 0 Å². The number of ketones is 1. The molecule has 0 amide bonds. The van der Waals surface area contributed by atoms with Crippen LogP contribution in [0.4, 0.5) is 0 Å². The molecule has 0 N–H and O–H groups in total. The smallest absolute Gasteiger partial charge is 0.282 e. The third-order valence-electron chi connectivity index (χ3n) is 3.71. The van der Waals surface area contributed by atoms with Gasteiger partial charge in [0.1, 0.15) is 10.3 Å². The van der Waals surface area contributed by atoms with E-state index in [0.717, 1.165) is 0 Å².